The molecule has 1 aliphatic carbocycles. The average molecular weight is 753 g/mol. The summed E-state index contributed by atoms with van der Waals surface area (Å²) in [5, 5.41) is 7.66. The third-order valence-corrected chi connectivity index (χ3v) is 12.9. The van der Waals surface area contributed by atoms with Crippen molar-refractivity contribution in [3.63, 3.8) is 0 Å². The first-order valence-electron chi connectivity index (χ1n) is 20.6. The summed E-state index contributed by atoms with van der Waals surface area (Å²) < 4.78 is 2.46. The normalized spacial score (nSPS) is 13.1. The molecule has 0 N–H and O–H groups in total. The van der Waals surface area contributed by atoms with Crippen molar-refractivity contribution in [1.82, 2.24) is 4.57 Å². The van der Waals surface area contributed by atoms with Gasteiger partial charge in [0.15, 0.2) is 0 Å². The molecule has 12 rings (SSSR count). The first kappa shape index (κ1) is 33.7. The van der Waals surface area contributed by atoms with Crippen LogP contribution >= 0.6 is 0 Å². The number of hydrogen-bond acceptors (Lipinski definition) is 1. The lowest BCUT2D eigenvalue weighted by Crippen LogP contribution is -2.16. The fourth-order valence-electron chi connectivity index (χ4n) is 10.0. The largest absolute Gasteiger partial charge is 0.310 e. The summed E-state index contributed by atoms with van der Waals surface area (Å²) in [6.45, 7) is 4.79. The summed E-state index contributed by atoms with van der Waals surface area (Å²) in [6, 6.07) is 76.1. The minimum atomic E-state index is -0.208. The van der Waals surface area contributed by atoms with Crippen molar-refractivity contribution in [3.8, 4) is 39.1 Å². The third kappa shape index (κ3) is 5.13. The van der Waals surface area contributed by atoms with Crippen molar-refractivity contribution in [2.75, 3.05) is 4.90 Å². The minimum absolute atomic E-state index is 0.208. The number of benzene rings is 10. The third-order valence-electron chi connectivity index (χ3n) is 12.9. The molecule has 1 aromatic heterocycles. The van der Waals surface area contributed by atoms with Crippen molar-refractivity contribution >= 4 is 60.4 Å². The van der Waals surface area contributed by atoms with Gasteiger partial charge in [0, 0.05) is 38.6 Å². The minimum Gasteiger partial charge on any atom is -0.310 e. The quantitative estimate of drug-likeness (QED) is 0.154. The number of nitrogens with zero attached hydrogens (tertiary/aromatic N) is 2. The van der Waals surface area contributed by atoms with Crippen molar-refractivity contribution < 1.29 is 0 Å². The highest BCUT2D eigenvalue weighted by Crippen LogP contribution is 2.52. The maximum Gasteiger partial charge on any atom is 0.0553 e. The van der Waals surface area contributed by atoms with Crippen molar-refractivity contribution in [2.24, 2.45) is 0 Å². The zero-order chi connectivity index (χ0) is 39.2. The summed E-state index contributed by atoms with van der Waals surface area (Å²) in [5.74, 6) is 0. The summed E-state index contributed by atoms with van der Waals surface area (Å²) in [6.07, 6.45) is 0. The van der Waals surface area contributed by atoms with Crippen LogP contribution in [0, 0.1) is 0 Å². The Bertz CT molecular complexity index is 3390. The lowest BCUT2D eigenvalue weighted by atomic mass is 9.81. The van der Waals surface area contributed by atoms with Crippen LogP contribution in [0.2, 0.25) is 0 Å². The van der Waals surface area contributed by atoms with Gasteiger partial charge in [0.25, 0.3) is 0 Å². The average Bonchev–Trinajstić information content (AvgIpc) is 3.75. The Morgan fingerprint density at radius 1 is 0.390 bits per heavy atom. The number of para-hydroxylation sites is 1. The molecule has 278 valence electrons. The predicted molar refractivity (Wildman–Crippen MR) is 250 cm³/mol. The molecule has 0 amide bonds. The first-order valence-corrected chi connectivity index (χ1v) is 20.6. The smallest absolute Gasteiger partial charge is 0.0553 e. The molecule has 0 atom stereocenters. The summed E-state index contributed by atoms with van der Waals surface area (Å²) >= 11 is 0. The highest BCUT2D eigenvalue weighted by molar-refractivity contribution is 6.25. The van der Waals surface area contributed by atoms with Crippen LogP contribution in [0.4, 0.5) is 17.1 Å². The van der Waals surface area contributed by atoms with Gasteiger partial charge >= 0.3 is 0 Å². The fourth-order valence-corrected chi connectivity index (χ4v) is 10.0. The van der Waals surface area contributed by atoms with Crippen LogP contribution in [0.25, 0.3) is 82.4 Å². The molecule has 11 aromatic rings. The van der Waals surface area contributed by atoms with E-state index < -0.39 is 0 Å². The Labute approximate surface area is 344 Å². The Hall–Kier alpha value is -7.42. The molecule has 0 saturated carbocycles. The lowest BCUT2D eigenvalue weighted by molar-refractivity contribution is 0.660. The second-order valence-corrected chi connectivity index (χ2v) is 16.6. The SMILES string of the molecule is CC1(C)c2cc(-c3cc4ccc5cccc6c5c4c(c3)n6-c3ccc(-c4ccccc4)cc3)ccc2-c2ccc(N(c3ccccc3)c3cccc4ccccc34)cc21. The summed E-state index contributed by atoms with van der Waals surface area (Å²) in [4.78, 5) is 2.42. The highest BCUT2D eigenvalue weighted by Gasteiger charge is 2.36. The van der Waals surface area contributed by atoms with Gasteiger partial charge in [0.1, 0.15) is 0 Å². The summed E-state index contributed by atoms with van der Waals surface area (Å²) in [7, 11) is 0. The zero-order valence-corrected chi connectivity index (χ0v) is 33.0. The molecule has 0 aliphatic heterocycles. The number of fused-ring (bicyclic) bond motifs is 4. The van der Waals surface area contributed by atoms with Gasteiger partial charge in [-0.3, -0.25) is 0 Å². The molecule has 59 heavy (non-hydrogen) atoms. The molecule has 10 aromatic carbocycles. The van der Waals surface area contributed by atoms with Crippen LogP contribution in [-0.2, 0) is 5.41 Å². The molecule has 0 saturated heterocycles. The molecule has 1 aliphatic rings. The van der Waals surface area contributed by atoms with E-state index in [4.69, 9.17) is 0 Å². The molecule has 0 unspecified atom stereocenters. The number of anilines is 3. The van der Waals surface area contributed by atoms with Gasteiger partial charge in [-0.15, -0.1) is 0 Å². The van der Waals surface area contributed by atoms with Gasteiger partial charge < -0.3 is 9.47 Å². The molecule has 1 heterocycles. The summed E-state index contributed by atoms with van der Waals surface area (Å²) in [5.41, 5.74) is 17.2. The molecular formula is C57H40N2. The first-order chi connectivity index (χ1) is 29.0. The van der Waals surface area contributed by atoms with Crippen LogP contribution in [0.3, 0.4) is 0 Å². The van der Waals surface area contributed by atoms with Crippen molar-refractivity contribution in [2.45, 2.75) is 19.3 Å². The van der Waals surface area contributed by atoms with E-state index in [-0.39, 0.29) is 5.41 Å². The van der Waals surface area contributed by atoms with Gasteiger partial charge in [0.05, 0.1) is 16.7 Å². The monoisotopic (exact) mass is 752 g/mol. The van der Waals surface area contributed by atoms with E-state index in [1.165, 1.54) is 99.2 Å². The molecule has 0 radical (unpaired) electrons. The van der Waals surface area contributed by atoms with Crippen LogP contribution in [0.15, 0.2) is 206 Å². The Morgan fingerprint density at radius 2 is 1.02 bits per heavy atom. The van der Waals surface area contributed by atoms with Gasteiger partial charge in [-0.05, 0) is 127 Å². The van der Waals surface area contributed by atoms with Crippen LogP contribution in [-0.4, -0.2) is 4.57 Å². The van der Waals surface area contributed by atoms with Gasteiger partial charge in [0.2, 0.25) is 0 Å². The Kier molecular flexibility index (Phi) is 7.31. The standard InChI is InChI=1S/C57H40N2/c1-57(2)50-34-41(27-31-48(50)49-32-30-46(36-51(49)57)58(44-18-7-4-8-19-44)52-21-11-16-39-15-9-10-20-47(39)52)43-33-42-24-23-40-17-12-22-53-55(40)56(42)54(35-43)59(53)45-28-25-38(26-29-45)37-13-5-3-6-14-37/h3-36H,1-2H3. The second-order valence-electron chi connectivity index (χ2n) is 16.6. The van der Waals surface area contributed by atoms with Gasteiger partial charge in [-0.1, -0.05) is 153 Å². The molecule has 0 bridgehead atoms. The predicted octanol–water partition coefficient (Wildman–Crippen LogP) is 15.6. The maximum absolute atomic E-state index is 2.46. The van der Waals surface area contributed by atoms with E-state index in [2.05, 4.69) is 230 Å². The topological polar surface area (TPSA) is 8.17 Å². The van der Waals surface area contributed by atoms with Crippen LogP contribution in [0.5, 0.6) is 0 Å². The Morgan fingerprint density at radius 3 is 1.85 bits per heavy atom. The highest BCUT2D eigenvalue weighted by atomic mass is 15.1. The Balaban J connectivity index is 0.982. The maximum atomic E-state index is 2.46. The van der Waals surface area contributed by atoms with E-state index in [0.29, 0.717) is 0 Å². The molecule has 2 nitrogen and oxygen atoms in total. The van der Waals surface area contributed by atoms with Gasteiger partial charge in [-0.2, -0.15) is 0 Å². The van der Waals surface area contributed by atoms with Crippen molar-refractivity contribution in [1.29, 1.82) is 0 Å². The number of rotatable bonds is 6. The van der Waals surface area contributed by atoms with Crippen molar-refractivity contribution in [3.05, 3.63) is 217 Å². The van der Waals surface area contributed by atoms with Gasteiger partial charge in [-0.25, -0.2) is 0 Å². The van der Waals surface area contributed by atoms with E-state index in [9.17, 15) is 0 Å². The second kappa shape index (κ2) is 12.8. The van der Waals surface area contributed by atoms with E-state index >= 15 is 0 Å². The zero-order valence-electron chi connectivity index (χ0n) is 33.0. The fraction of sp³-hybridized carbons (Fsp3) is 0.0526. The van der Waals surface area contributed by atoms with Crippen LogP contribution in [0.1, 0.15) is 25.0 Å². The van der Waals surface area contributed by atoms with Crippen LogP contribution < -0.4 is 4.90 Å². The molecule has 2 heteroatoms. The lowest BCUT2D eigenvalue weighted by Gasteiger charge is -2.29. The molecular weight excluding hydrogens is 713 g/mol. The molecule has 0 spiro atoms. The van der Waals surface area contributed by atoms with E-state index in [1.54, 1.807) is 0 Å². The van der Waals surface area contributed by atoms with E-state index in [1.807, 2.05) is 0 Å². The number of hydrogen-bond donors (Lipinski definition) is 0. The molecule has 0 fully saturated rings. The van der Waals surface area contributed by atoms with E-state index in [0.717, 1.165) is 11.4 Å². The number of aromatic nitrogens is 1.